The molecule has 2 aliphatic rings. The third-order valence-corrected chi connectivity index (χ3v) is 6.80. The van der Waals surface area contributed by atoms with E-state index in [2.05, 4.69) is 4.57 Å². The first-order valence-corrected chi connectivity index (χ1v) is 11.0. The lowest BCUT2D eigenvalue weighted by Crippen LogP contribution is -2.40. The number of carboxylic acid groups (broad SMARTS) is 1. The molecule has 1 atom stereocenters. The SMILES string of the molecule is O=C(O)CCN1C(=O)C2Cc3c(n(Cc4ccc(Cl)cc4Cl)c4ccccc34)CN2C1=O. The lowest BCUT2D eigenvalue weighted by molar-refractivity contribution is -0.137. The Balaban J connectivity index is 1.55. The molecule has 0 aliphatic carbocycles. The van der Waals surface area contributed by atoms with Crippen molar-refractivity contribution in [2.75, 3.05) is 6.54 Å². The molecule has 1 fully saturated rings. The molecule has 7 nitrogen and oxygen atoms in total. The second-order valence-electron chi connectivity index (χ2n) is 8.03. The number of aromatic nitrogens is 1. The Labute approximate surface area is 193 Å². The van der Waals surface area contributed by atoms with Crippen LogP contribution in [0.2, 0.25) is 10.0 Å². The molecule has 1 N–H and O–H groups in total. The zero-order valence-electron chi connectivity index (χ0n) is 16.9. The molecule has 0 bridgehead atoms. The predicted octanol–water partition coefficient (Wildman–Crippen LogP) is 4.16. The van der Waals surface area contributed by atoms with E-state index in [9.17, 15) is 14.4 Å². The zero-order chi connectivity index (χ0) is 22.6. The largest absolute Gasteiger partial charge is 0.481 e. The molecule has 32 heavy (non-hydrogen) atoms. The van der Waals surface area contributed by atoms with Gasteiger partial charge in [-0.3, -0.25) is 14.5 Å². The van der Waals surface area contributed by atoms with Crippen molar-refractivity contribution in [3.05, 3.63) is 69.3 Å². The van der Waals surface area contributed by atoms with Gasteiger partial charge in [-0.2, -0.15) is 0 Å². The number of rotatable bonds is 5. The van der Waals surface area contributed by atoms with Gasteiger partial charge in [0.25, 0.3) is 5.91 Å². The van der Waals surface area contributed by atoms with E-state index in [-0.39, 0.29) is 25.4 Å². The molecule has 3 aromatic rings. The van der Waals surface area contributed by atoms with Crippen LogP contribution in [0.25, 0.3) is 10.9 Å². The smallest absolute Gasteiger partial charge is 0.327 e. The van der Waals surface area contributed by atoms with Gasteiger partial charge in [-0.15, -0.1) is 0 Å². The molecule has 0 spiro atoms. The van der Waals surface area contributed by atoms with Crippen molar-refractivity contribution in [2.24, 2.45) is 0 Å². The number of nitrogens with zero attached hydrogens (tertiary/aromatic N) is 3. The Kier molecular flexibility index (Phi) is 5.10. The van der Waals surface area contributed by atoms with Crippen molar-refractivity contribution >= 4 is 52.0 Å². The lowest BCUT2D eigenvalue weighted by atomic mass is 9.97. The third kappa shape index (κ3) is 3.32. The first kappa shape index (κ1) is 20.8. The number of urea groups is 1. The number of imide groups is 1. The molecule has 1 aromatic heterocycles. The fraction of sp³-hybridized carbons (Fsp3) is 0.261. The highest BCUT2D eigenvalue weighted by Crippen LogP contribution is 2.37. The maximum atomic E-state index is 12.9. The number of benzene rings is 2. The Morgan fingerprint density at radius 1 is 1.12 bits per heavy atom. The minimum atomic E-state index is -1.05. The summed E-state index contributed by atoms with van der Waals surface area (Å²) in [5, 5.41) is 11.1. The number of hydrogen-bond acceptors (Lipinski definition) is 3. The molecule has 2 aliphatic heterocycles. The fourth-order valence-corrected chi connectivity index (χ4v) is 5.14. The minimum absolute atomic E-state index is 0.120. The van der Waals surface area contributed by atoms with E-state index >= 15 is 0 Å². The number of carbonyl (C=O) groups is 3. The van der Waals surface area contributed by atoms with E-state index in [1.54, 1.807) is 17.0 Å². The van der Waals surface area contributed by atoms with Gasteiger partial charge in [0.05, 0.1) is 13.0 Å². The van der Waals surface area contributed by atoms with Gasteiger partial charge in [0.1, 0.15) is 6.04 Å². The normalized spacial score (nSPS) is 17.8. The number of fused-ring (bicyclic) bond motifs is 4. The second kappa shape index (κ2) is 7.83. The van der Waals surface area contributed by atoms with Gasteiger partial charge in [-0.25, -0.2) is 4.79 Å². The molecule has 2 aromatic carbocycles. The highest BCUT2D eigenvalue weighted by molar-refractivity contribution is 6.35. The van der Waals surface area contributed by atoms with E-state index in [4.69, 9.17) is 28.3 Å². The third-order valence-electron chi connectivity index (χ3n) is 6.21. The van der Waals surface area contributed by atoms with Crippen LogP contribution in [0, 0.1) is 0 Å². The molecule has 1 unspecified atom stereocenters. The van der Waals surface area contributed by atoms with Crippen LogP contribution in [-0.4, -0.2) is 50.0 Å². The highest BCUT2D eigenvalue weighted by atomic mass is 35.5. The van der Waals surface area contributed by atoms with Gasteiger partial charge < -0.3 is 14.6 Å². The summed E-state index contributed by atoms with van der Waals surface area (Å²) in [6.07, 6.45) is 0.126. The highest BCUT2D eigenvalue weighted by Gasteiger charge is 2.48. The summed E-state index contributed by atoms with van der Waals surface area (Å²) in [5.74, 6) is -1.38. The maximum absolute atomic E-state index is 12.9. The van der Waals surface area contributed by atoms with Crippen LogP contribution >= 0.6 is 23.2 Å². The van der Waals surface area contributed by atoms with Crippen molar-refractivity contribution < 1.29 is 19.5 Å². The molecule has 3 heterocycles. The van der Waals surface area contributed by atoms with Crippen molar-refractivity contribution in [1.29, 1.82) is 0 Å². The van der Waals surface area contributed by atoms with Crippen LogP contribution in [0.5, 0.6) is 0 Å². The van der Waals surface area contributed by atoms with Crippen molar-refractivity contribution in [2.45, 2.75) is 32.0 Å². The first-order chi connectivity index (χ1) is 15.3. The number of halogens is 2. The molecular weight excluding hydrogens is 453 g/mol. The molecule has 0 saturated carbocycles. The van der Waals surface area contributed by atoms with Gasteiger partial charge in [0.2, 0.25) is 0 Å². The van der Waals surface area contributed by atoms with Crippen molar-refractivity contribution in [1.82, 2.24) is 14.4 Å². The van der Waals surface area contributed by atoms with Crippen LogP contribution < -0.4 is 0 Å². The van der Waals surface area contributed by atoms with Gasteiger partial charge in [-0.1, -0.05) is 47.5 Å². The second-order valence-corrected chi connectivity index (χ2v) is 8.87. The summed E-state index contributed by atoms with van der Waals surface area (Å²) in [5.41, 5.74) is 3.89. The summed E-state index contributed by atoms with van der Waals surface area (Å²) < 4.78 is 2.13. The zero-order valence-corrected chi connectivity index (χ0v) is 18.4. The Morgan fingerprint density at radius 2 is 1.91 bits per heavy atom. The van der Waals surface area contributed by atoms with Crippen LogP contribution in [0.1, 0.15) is 23.2 Å². The minimum Gasteiger partial charge on any atom is -0.481 e. The molecule has 9 heteroatoms. The van der Waals surface area contributed by atoms with Gasteiger partial charge >= 0.3 is 12.0 Å². The summed E-state index contributed by atoms with van der Waals surface area (Å²) in [6, 6.07) is 12.3. The Hall–Kier alpha value is -3.03. The fourth-order valence-electron chi connectivity index (χ4n) is 4.68. The van der Waals surface area contributed by atoms with E-state index in [1.165, 1.54) is 0 Å². The number of amides is 3. The quantitative estimate of drug-likeness (QED) is 0.566. The molecule has 5 rings (SSSR count). The first-order valence-electron chi connectivity index (χ1n) is 10.2. The van der Waals surface area contributed by atoms with E-state index in [1.807, 2.05) is 30.3 Å². The van der Waals surface area contributed by atoms with Crippen LogP contribution in [0.4, 0.5) is 4.79 Å². The molecule has 164 valence electrons. The average Bonchev–Trinajstić information content (AvgIpc) is 3.19. The number of carbonyl (C=O) groups excluding carboxylic acids is 2. The van der Waals surface area contributed by atoms with Crippen molar-refractivity contribution in [3.8, 4) is 0 Å². The van der Waals surface area contributed by atoms with E-state index < -0.39 is 18.0 Å². The summed E-state index contributed by atoms with van der Waals surface area (Å²) in [4.78, 5) is 39.4. The van der Waals surface area contributed by atoms with Gasteiger partial charge in [0, 0.05) is 46.2 Å². The van der Waals surface area contributed by atoms with Crippen LogP contribution in [-0.2, 0) is 29.1 Å². The number of aliphatic carboxylic acids is 1. The van der Waals surface area contributed by atoms with Crippen LogP contribution in [0.3, 0.4) is 0 Å². The van der Waals surface area contributed by atoms with E-state index in [0.29, 0.717) is 23.0 Å². The Bertz CT molecular complexity index is 1290. The topological polar surface area (TPSA) is 82.8 Å². The molecule has 0 radical (unpaired) electrons. The lowest BCUT2D eigenvalue weighted by Gasteiger charge is -2.28. The van der Waals surface area contributed by atoms with Gasteiger partial charge in [-0.05, 0) is 29.3 Å². The summed E-state index contributed by atoms with van der Waals surface area (Å²) in [6.45, 7) is 0.647. The van der Waals surface area contributed by atoms with Crippen molar-refractivity contribution in [3.63, 3.8) is 0 Å². The van der Waals surface area contributed by atoms with E-state index in [0.717, 1.165) is 32.6 Å². The predicted molar refractivity (Wildman–Crippen MR) is 120 cm³/mol. The molecule has 3 amide bonds. The Morgan fingerprint density at radius 3 is 2.66 bits per heavy atom. The summed E-state index contributed by atoms with van der Waals surface area (Å²) in [7, 11) is 0. The number of hydrogen-bond donors (Lipinski definition) is 1. The average molecular weight is 472 g/mol. The van der Waals surface area contributed by atoms with Crippen LogP contribution in [0.15, 0.2) is 42.5 Å². The standard InChI is InChI=1S/C23H19Cl2N3O4/c24-14-6-5-13(17(25)9-14)11-27-18-4-2-1-3-15(18)16-10-19-22(31)26(8-7-21(29)30)23(32)28(19)12-20(16)27/h1-6,9,19H,7-8,10-12H2,(H,29,30). The van der Waals surface area contributed by atoms with Gasteiger partial charge in [0.15, 0.2) is 0 Å². The molecular formula is C23H19Cl2N3O4. The summed E-state index contributed by atoms with van der Waals surface area (Å²) >= 11 is 12.5. The number of carboxylic acids is 1. The number of para-hydroxylation sites is 1. The monoisotopic (exact) mass is 471 g/mol. The molecule has 1 saturated heterocycles. The maximum Gasteiger partial charge on any atom is 0.327 e.